The van der Waals surface area contributed by atoms with Crippen LogP contribution in [0.4, 0.5) is 0 Å². The van der Waals surface area contributed by atoms with Crippen LogP contribution in [0.5, 0.6) is 11.5 Å². The fourth-order valence-electron chi connectivity index (χ4n) is 2.52. The second kappa shape index (κ2) is 8.58. The zero-order chi connectivity index (χ0) is 18.4. The standard InChI is InChI=1S/C19H19ClN2O4/c20-15-4-2-14(3-5-15)19(24)22-10-8-18(23)21-9-7-13-1-6-16-17(11-13)26-12-25-16/h1-6,11H,7-10,12H2,(H,21,23)(H,22,24). The zero-order valence-electron chi connectivity index (χ0n) is 14.1. The van der Waals surface area contributed by atoms with Crippen LogP contribution in [-0.4, -0.2) is 31.7 Å². The molecule has 26 heavy (non-hydrogen) atoms. The number of rotatable bonds is 7. The molecular formula is C19H19ClN2O4. The summed E-state index contributed by atoms with van der Waals surface area (Å²) in [5.74, 6) is 1.14. The van der Waals surface area contributed by atoms with Gasteiger partial charge in [-0.05, 0) is 48.4 Å². The van der Waals surface area contributed by atoms with Crippen LogP contribution in [-0.2, 0) is 11.2 Å². The maximum Gasteiger partial charge on any atom is 0.251 e. The summed E-state index contributed by atoms with van der Waals surface area (Å²) in [4.78, 5) is 23.8. The third-order valence-corrected chi connectivity index (χ3v) is 4.17. The Labute approximate surface area is 156 Å². The van der Waals surface area contributed by atoms with Crippen molar-refractivity contribution >= 4 is 23.4 Å². The summed E-state index contributed by atoms with van der Waals surface area (Å²) in [5.41, 5.74) is 1.57. The first-order chi connectivity index (χ1) is 12.6. The van der Waals surface area contributed by atoms with E-state index in [1.807, 2.05) is 18.2 Å². The normalized spacial score (nSPS) is 11.9. The topological polar surface area (TPSA) is 76.7 Å². The van der Waals surface area contributed by atoms with Gasteiger partial charge in [0.15, 0.2) is 11.5 Å². The van der Waals surface area contributed by atoms with Crippen molar-refractivity contribution in [3.05, 3.63) is 58.6 Å². The molecule has 0 radical (unpaired) electrons. The Balaban J connectivity index is 1.34. The average Bonchev–Trinajstić information content (AvgIpc) is 3.10. The molecule has 0 aromatic heterocycles. The van der Waals surface area contributed by atoms with Crippen LogP contribution in [0, 0.1) is 0 Å². The number of fused-ring (bicyclic) bond motifs is 1. The minimum Gasteiger partial charge on any atom is -0.454 e. The molecule has 0 saturated carbocycles. The number of benzene rings is 2. The Bertz CT molecular complexity index is 793. The molecule has 0 atom stereocenters. The molecule has 2 amide bonds. The van der Waals surface area contributed by atoms with E-state index in [0.717, 1.165) is 17.1 Å². The maximum absolute atomic E-state index is 11.9. The highest BCUT2D eigenvalue weighted by molar-refractivity contribution is 6.30. The number of nitrogens with one attached hydrogen (secondary N) is 2. The van der Waals surface area contributed by atoms with E-state index >= 15 is 0 Å². The van der Waals surface area contributed by atoms with Crippen LogP contribution in [0.2, 0.25) is 5.02 Å². The first kappa shape index (κ1) is 18.1. The fourth-order valence-corrected chi connectivity index (χ4v) is 2.65. The lowest BCUT2D eigenvalue weighted by atomic mass is 10.1. The van der Waals surface area contributed by atoms with Crippen molar-refractivity contribution in [2.45, 2.75) is 12.8 Å². The minimum absolute atomic E-state index is 0.109. The van der Waals surface area contributed by atoms with Crippen LogP contribution in [0.3, 0.4) is 0 Å². The number of halogens is 1. The smallest absolute Gasteiger partial charge is 0.251 e. The SMILES string of the molecule is O=C(CCNC(=O)c1ccc(Cl)cc1)NCCc1ccc2c(c1)OCO2. The summed E-state index contributed by atoms with van der Waals surface area (Å²) in [6.45, 7) is 1.04. The Hall–Kier alpha value is -2.73. The monoisotopic (exact) mass is 374 g/mol. The fraction of sp³-hybridized carbons (Fsp3) is 0.263. The first-order valence-corrected chi connectivity index (χ1v) is 8.68. The Morgan fingerprint density at radius 2 is 1.73 bits per heavy atom. The molecule has 0 bridgehead atoms. The van der Waals surface area contributed by atoms with Gasteiger partial charge in [-0.15, -0.1) is 0 Å². The highest BCUT2D eigenvalue weighted by atomic mass is 35.5. The molecule has 0 saturated heterocycles. The number of ether oxygens (including phenoxy) is 2. The number of carbonyl (C=O) groups excluding carboxylic acids is 2. The second-order valence-corrected chi connectivity index (χ2v) is 6.24. The van der Waals surface area contributed by atoms with Crippen LogP contribution in [0.1, 0.15) is 22.3 Å². The number of hydrogen-bond acceptors (Lipinski definition) is 4. The van der Waals surface area contributed by atoms with E-state index in [1.165, 1.54) is 0 Å². The van der Waals surface area contributed by atoms with Crippen molar-refractivity contribution in [3.8, 4) is 11.5 Å². The Kier molecular flexibility index (Phi) is 5.96. The molecule has 1 aliphatic heterocycles. The molecule has 0 fully saturated rings. The van der Waals surface area contributed by atoms with E-state index in [-0.39, 0.29) is 31.6 Å². The molecule has 0 unspecified atom stereocenters. The molecule has 1 aliphatic rings. The highest BCUT2D eigenvalue weighted by Gasteiger charge is 2.13. The van der Waals surface area contributed by atoms with E-state index in [4.69, 9.17) is 21.1 Å². The van der Waals surface area contributed by atoms with E-state index in [9.17, 15) is 9.59 Å². The molecule has 0 aliphatic carbocycles. The van der Waals surface area contributed by atoms with Crippen LogP contribution in [0.25, 0.3) is 0 Å². The van der Waals surface area contributed by atoms with Crippen molar-refractivity contribution in [2.24, 2.45) is 0 Å². The van der Waals surface area contributed by atoms with Gasteiger partial charge in [-0.1, -0.05) is 17.7 Å². The first-order valence-electron chi connectivity index (χ1n) is 8.31. The molecule has 1 heterocycles. The largest absolute Gasteiger partial charge is 0.454 e. The van der Waals surface area contributed by atoms with Gasteiger partial charge in [-0.25, -0.2) is 0 Å². The van der Waals surface area contributed by atoms with E-state index in [1.54, 1.807) is 24.3 Å². The number of carbonyl (C=O) groups is 2. The molecule has 6 nitrogen and oxygen atoms in total. The van der Waals surface area contributed by atoms with Crippen molar-refractivity contribution in [2.75, 3.05) is 19.9 Å². The third-order valence-electron chi connectivity index (χ3n) is 3.92. The van der Waals surface area contributed by atoms with Crippen molar-refractivity contribution in [1.82, 2.24) is 10.6 Å². The lowest BCUT2D eigenvalue weighted by Gasteiger charge is -2.07. The number of amides is 2. The summed E-state index contributed by atoms with van der Waals surface area (Å²) < 4.78 is 10.6. The van der Waals surface area contributed by atoms with Crippen molar-refractivity contribution < 1.29 is 19.1 Å². The van der Waals surface area contributed by atoms with Gasteiger partial charge in [-0.3, -0.25) is 9.59 Å². The molecule has 2 aromatic rings. The van der Waals surface area contributed by atoms with Gasteiger partial charge in [0.1, 0.15) is 0 Å². The second-order valence-electron chi connectivity index (χ2n) is 5.80. The van der Waals surface area contributed by atoms with Gasteiger partial charge in [0.2, 0.25) is 12.7 Å². The molecule has 2 aromatic carbocycles. The molecule has 7 heteroatoms. The summed E-state index contributed by atoms with van der Waals surface area (Å²) >= 11 is 5.78. The van der Waals surface area contributed by atoms with Crippen LogP contribution in [0.15, 0.2) is 42.5 Å². The predicted octanol–water partition coefficient (Wildman–Crippen LogP) is 2.55. The zero-order valence-corrected chi connectivity index (χ0v) is 14.8. The van der Waals surface area contributed by atoms with E-state index in [2.05, 4.69) is 10.6 Å². The van der Waals surface area contributed by atoms with Crippen molar-refractivity contribution in [3.63, 3.8) is 0 Å². The summed E-state index contributed by atoms with van der Waals surface area (Å²) in [6.07, 6.45) is 0.917. The predicted molar refractivity (Wildman–Crippen MR) is 97.7 cm³/mol. The van der Waals surface area contributed by atoms with Gasteiger partial charge in [0.25, 0.3) is 5.91 Å². The Morgan fingerprint density at radius 3 is 2.54 bits per heavy atom. The van der Waals surface area contributed by atoms with Crippen LogP contribution < -0.4 is 20.1 Å². The lowest BCUT2D eigenvalue weighted by molar-refractivity contribution is -0.120. The van der Waals surface area contributed by atoms with E-state index < -0.39 is 0 Å². The summed E-state index contributed by atoms with van der Waals surface area (Å²) in [7, 11) is 0. The lowest BCUT2D eigenvalue weighted by Crippen LogP contribution is -2.31. The maximum atomic E-state index is 11.9. The average molecular weight is 375 g/mol. The number of hydrogen-bond donors (Lipinski definition) is 2. The molecule has 2 N–H and O–H groups in total. The highest BCUT2D eigenvalue weighted by Crippen LogP contribution is 2.32. The van der Waals surface area contributed by atoms with Gasteiger partial charge < -0.3 is 20.1 Å². The Morgan fingerprint density at radius 1 is 0.962 bits per heavy atom. The van der Waals surface area contributed by atoms with Gasteiger partial charge in [0, 0.05) is 30.1 Å². The van der Waals surface area contributed by atoms with E-state index in [0.29, 0.717) is 23.6 Å². The quantitative estimate of drug-likeness (QED) is 0.780. The van der Waals surface area contributed by atoms with Crippen molar-refractivity contribution in [1.29, 1.82) is 0 Å². The molecular weight excluding hydrogens is 356 g/mol. The van der Waals surface area contributed by atoms with Gasteiger partial charge in [0.05, 0.1) is 0 Å². The summed E-state index contributed by atoms with van der Waals surface area (Å²) in [5, 5.41) is 6.13. The molecule has 0 spiro atoms. The van der Waals surface area contributed by atoms with Crippen LogP contribution >= 0.6 is 11.6 Å². The third kappa shape index (κ3) is 4.89. The minimum atomic E-state index is -0.227. The van der Waals surface area contributed by atoms with Gasteiger partial charge >= 0.3 is 0 Å². The van der Waals surface area contributed by atoms with Gasteiger partial charge in [-0.2, -0.15) is 0 Å². The molecule has 136 valence electrons. The summed E-state index contributed by atoms with van der Waals surface area (Å²) in [6, 6.07) is 12.3. The molecule has 3 rings (SSSR count).